The maximum absolute atomic E-state index is 10.8. The van der Waals surface area contributed by atoms with Crippen molar-refractivity contribution in [1.29, 1.82) is 0 Å². The van der Waals surface area contributed by atoms with Crippen LogP contribution in [0, 0.1) is 17.0 Å². The predicted octanol–water partition coefficient (Wildman–Crippen LogP) is 5.13. The molecule has 0 aliphatic heterocycles. The predicted molar refractivity (Wildman–Crippen MR) is 96.8 cm³/mol. The summed E-state index contributed by atoms with van der Waals surface area (Å²) in [6.45, 7) is 1.83. The standard InChI is InChI=1S/C14H11BrClN3O2S/c1-8-2-4-10(19(20)21)7-13(8)18-14(22)17-12-5-3-9(15)6-11(12)16/h2-7H,1H3,(H2,17,18,22). The number of thiocarbonyl (C=S) groups is 1. The monoisotopic (exact) mass is 399 g/mol. The first-order valence-corrected chi connectivity index (χ1v) is 7.73. The van der Waals surface area contributed by atoms with Gasteiger partial charge in [-0.15, -0.1) is 0 Å². The summed E-state index contributed by atoms with van der Waals surface area (Å²) < 4.78 is 0.858. The topological polar surface area (TPSA) is 67.2 Å². The van der Waals surface area contributed by atoms with Gasteiger partial charge in [-0.2, -0.15) is 0 Å². The Morgan fingerprint density at radius 3 is 2.55 bits per heavy atom. The molecule has 22 heavy (non-hydrogen) atoms. The molecule has 0 bridgehead atoms. The number of benzene rings is 2. The number of nitro benzene ring substituents is 1. The van der Waals surface area contributed by atoms with Gasteiger partial charge in [0.2, 0.25) is 0 Å². The lowest BCUT2D eigenvalue weighted by Crippen LogP contribution is -2.19. The third-order valence-electron chi connectivity index (χ3n) is 2.86. The second kappa shape index (κ2) is 7.04. The number of nitrogens with zero attached hydrogens (tertiary/aromatic N) is 1. The van der Waals surface area contributed by atoms with Crippen molar-refractivity contribution in [2.75, 3.05) is 10.6 Å². The van der Waals surface area contributed by atoms with E-state index in [2.05, 4.69) is 26.6 Å². The fraction of sp³-hybridized carbons (Fsp3) is 0.0714. The van der Waals surface area contributed by atoms with Gasteiger partial charge in [0.25, 0.3) is 5.69 Å². The quantitative estimate of drug-likeness (QED) is 0.425. The Hall–Kier alpha value is -1.70. The summed E-state index contributed by atoms with van der Waals surface area (Å²) in [5.41, 5.74) is 2.06. The molecule has 2 rings (SSSR count). The Morgan fingerprint density at radius 2 is 1.91 bits per heavy atom. The zero-order valence-electron chi connectivity index (χ0n) is 11.4. The van der Waals surface area contributed by atoms with Crippen molar-refractivity contribution < 1.29 is 4.92 Å². The molecular formula is C14H11BrClN3O2S. The van der Waals surface area contributed by atoms with Crippen LogP contribution in [-0.4, -0.2) is 10.0 Å². The van der Waals surface area contributed by atoms with Crippen molar-refractivity contribution in [3.05, 3.63) is 61.6 Å². The fourth-order valence-corrected chi connectivity index (χ4v) is 2.67. The van der Waals surface area contributed by atoms with Gasteiger partial charge in [0.05, 0.1) is 15.6 Å². The summed E-state index contributed by atoms with van der Waals surface area (Å²) in [5, 5.41) is 17.5. The number of rotatable bonds is 3. The lowest BCUT2D eigenvalue weighted by molar-refractivity contribution is -0.384. The van der Waals surface area contributed by atoms with Crippen LogP contribution >= 0.6 is 39.7 Å². The van der Waals surface area contributed by atoms with E-state index in [0.29, 0.717) is 21.5 Å². The number of anilines is 2. The highest BCUT2D eigenvalue weighted by Crippen LogP contribution is 2.26. The van der Waals surface area contributed by atoms with Gasteiger partial charge in [0.15, 0.2) is 5.11 Å². The van der Waals surface area contributed by atoms with Gasteiger partial charge in [-0.1, -0.05) is 33.6 Å². The maximum Gasteiger partial charge on any atom is 0.271 e. The van der Waals surface area contributed by atoms with Crippen LogP contribution in [0.2, 0.25) is 5.02 Å². The summed E-state index contributed by atoms with van der Waals surface area (Å²) in [7, 11) is 0. The second-order valence-electron chi connectivity index (χ2n) is 4.46. The molecule has 0 fully saturated rings. The van der Waals surface area contributed by atoms with Crippen LogP contribution < -0.4 is 10.6 Å². The van der Waals surface area contributed by atoms with E-state index in [-0.39, 0.29) is 5.69 Å². The molecule has 5 nitrogen and oxygen atoms in total. The molecule has 8 heteroatoms. The highest BCUT2D eigenvalue weighted by molar-refractivity contribution is 9.10. The third kappa shape index (κ3) is 4.16. The Morgan fingerprint density at radius 1 is 1.23 bits per heavy atom. The molecule has 114 valence electrons. The first-order chi connectivity index (χ1) is 10.4. The number of hydrogen-bond acceptors (Lipinski definition) is 3. The molecule has 2 N–H and O–H groups in total. The number of nitro groups is 1. The van der Waals surface area contributed by atoms with Crippen LogP contribution in [0.25, 0.3) is 0 Å². The van der Waals surface area contributed by atoms with Gasteiger partial charge in [-0.25, -0.2) is 0 Å². The summed E-state index contributed by atoms with van der Waals surface area (Å²) in [6.07, 6.45) is 0. The minimum atomic E-state index is -0.452. The molecule has 2 aromatic rings. The van der Waals surface area contributed by atoms with E-state index in [1.165, 1.54) is 12.1 Å². The first-order valence-electron chi connectivity index (χ1n) is 6.15. The van der Waals surface area contributed by atoms with Gasteiger partial charge >= 0.3 is 0 Å². The first kappa shape index (κ1) is 16.7. The summed E-state index contributed by atoms with van der Waals surface area (Å²) in [6, 6.07) is 9.89. The molecule has 0 aliphatic rings. The van der Waals surface area contributed by atoms with Gasteiger partial charge in [0.1, 0.15) is 0 Å². The van der Waals surface area contributed by atoms with Gasteiger partial charge in [0, 0.05) is 22.3 Å². The van der Waals surface area contributed by atoms with Crippen LogP contribution in [0.15, 0.2) is 40.9 Å². The normalized spacial score (nSPS) is 10.1. The smallest absolute Gasteiger partial charge is 0.271 e. The lowest BCUT2D eigenvalue weighted by atomic mass is 10.2. The minimum Gasteiger partial charge on any atom is -0.332 e. The van der Waals surface area contributed by atoms with Gasteiger partial charge in [-0.3, -0.25) is 10.1 Å². The molecule has 0 atom stereocenters. The molecule has 2 aromatic carbocycles. The lowest BCUT2D eigenvalue weighted by Gasteiger charge is -2.13. The largest absolute Gasteiger partial charge is 0.332 e. The van der Waals surface area contributed by atoms with Crippen molar-refractivity contribution >= 4 is 61.9 Å². The van der Waals surface area contributed by atoms with Crippen LogP contribution in [-0.2, 0) is 0 Å². The van der Waals surface area contributed by atoms with E-state index >= 15 is 0 Å². The van der Waals surface area contributed by atoms with E-state index in [4.69, 9.17) is 23.8 Å². The van der Waals surface area contributed by atoms with E-state index in [9.17, 15) is 10.1 Å². The molecule has 0 aliphatic carbocycles. The summed E-state index contributed by atoms with van der Waals surface area (Å²) in [4.78, 5) is 10.4. The number of hydrogen-bond donors (Lipinski definition) is 2. The summed E-state index contributed by atoms with van der Waals surface area (Å²) >= 11 is 14.6. The van der Waals surface area contributed by atoms with Crippen LogP contribution in [0.3, 0.4) is 0 Å². The molecule has 0 spiro atoms. The highest BCUT2D eigenvalue weighted by atomic mass is 79.9. The number of halogens is 2. The Balaban J connectivity index is 2.15. The SMILES string of the molecule is Cc1ccc([N+](=O)[O-])cc1NC(=S)Nc1ccc(Br)cc1Cl. The van der Waals surface area contributed by atoms with Gasteiger partial charge < -0.3 is 10.6 Å². The highest BCUT2D eigenvalue weighted by Gasteiger charge is 2.10. The van der Waals surface area contributed by atoms with Crippen molar-refractivity contribution in [2.45, 2.75) is 6.92 Å². The Kier molecular flexibility index (Phi) is 5.33. The second-order valence-corrected chi connectivity index (χ2v) is 6.19. The zero-order chi connectivity index (χ0) is 16.3. The molecule has 0 radical (unpaired) electrons. The third-order valence-corrected chi connectivity index (χ3v) is 3.87. The van der Waals surface area contributed by atoms with Crippen LogP contribution in [0.4, 0.5) is 17.1 Å². The number of non-ortho nitro benzene ring substituents is 1. The average molecular weight is 401 g/mol. The van der Waals surface area contributed by atoms with E-state index < -0.39 is 4.92 Å². The van der Waals surface area contributed by atoms with Crippen molar-refractivity contribution in [3.8, 4) is 0 Å². The van der Waals surface area contributed by atoms with Crippen LogP contribution in [0.1, 0.15) is 5.56 Å². The van der Waals surface area contributed by atoms with E-state index in [0.717, 1.165) is 10.0 Å². The van der Waals surface area contributed by atoms with Gasteiger partial charge in [-0.05, 0) is 42.9 Å². The number of aryl methyl sites for hydroxylation is 1. The average Bonchev–Trinajstić information content (AvgIpc) is 2.44. The molecule has 0 aromatic heterocycles. The molecule has 0 heterocycles. The maximum atomic E-state index is 10.8. The molecular weight excluding hydrogens is 390 g/mol. The minimum absolute atomic E-state index is 0.00225. The van der Waals surface area contributed by atoms with E-state index in [1.807, 2.05) is 13.0 Å². The molecule has 0 saturated heterocycles. The van der Waals surface area contributed by atoms with Crippen molar-refractivity contribution in [2.24, 2.45) is 0 Å². The van der Waals surface area contributed by atoms with Crippen molar-refractivity contribution in [1.82, 2.24) is 0 Å². The number of nitrogens with one attached hydrogen (secondary N) is 2. The molecule has 0 amide bonds. The zero-order valence-corrected chi connectivity index (χ0v) is 14.6. The Labute approximate surface area is 146 Å². The van der Waals surface area contributed by atoms with Crippen LogP contribution in [0.5, 0.6) is 0 Å². The molecule has 0 unspecified atom stereocenters. The van der Waals surface area contributed by atoms with Crippen molar-refractivity contribution in [3.63, 3.8) is 0 Å². The summed E-state index contributed by atoms with van der Waals surface area (Å²) in [5.74, 6) is 0. The Bertz CT molecular complexity index is 755. The molecule has 0 saturated carbocycles. The van der Waals surface area contributed by atoms with E-state index in [1.54, 1.807) is 18.2 Å². The fourth-order valence-electron chi connectivity index (χ4n) is 1.72.